The number of benzene rings is 2. The van der Waals surface area contributed by atoms with Crippen LogP contribution in [0.25, 0.3) is 0 Å². The van der Waals surface area contributed by atoms with Gasteiger partial charge in [-0.15, -0.1) is 6.58 Å². The molecule has 0 N–H and O–H groups in total. The molecule has 0 aliphatic rings. The molecule has 0 aromatic heterocycles. The fourth-order valence-corrected chi connectivity index (χ4v) is 2.65. The number of allylic oxidation sites excluding steroid dienone is 3. The van der Waals surface area contributed by atoms with Crippen LogP contribution in [0.3, 0.4) is 0 Å². The molecule has 2 aromatic carbocycles. The SMILES string of the molecule is C=CC(C)(CCc1ccccc1)C(=O)/C=C/CCc1ccccc1. The maximum atomic E-state index is 12.6. The average molecular weight is 318 g/mol. The summed E-state index contributed by atoms with van der Waals surface area (Å²) in [6, 6.07) is 20.6. The molecule has 1 unspecified atom stereocenters. The second-order valence-corrected chi connectivity index (χ2v) is 6.40. The van der Waals surface area contributed by atoms with E-state index in [0.717, 1.165) is 25.7 Å². The smallest absolute Gasteiger partial charge is 0.164 e. The van der Waals surface area contributed by atoms with Crippen LogP contribution in [0.2, 0.25) is 0 Å². The molecule has 1 atom stereocenters. The van der Waals surface area contributed by atoms with Crippen molar-refractivity contribution < 1.29 is 4.79 Å². The third-order valence-corrected chi connectivity index (χ3v) is 4.50. The molecule has 0 spiro atoms. The maximum absolute atomic E-state index is 12.6. The standard InChI is InChI=1S/C23H26O/c1-3-23(2,19-18-21-14-8-5-9-15-21)22(24)17-11-10-16-20-12-6-4-7-13-20/h3-9,11-15,17H,1,10,16,18-19H2,2H3/b17-11+. The first-order valence-corrected chi connectivity index (χ1v) is 8.56. The second kappa shape index (κ2) is 9.02. The van der Waals surface area contributed by atoms with Gasteiger partial charge in [-0.05, 0) is 49.8 Å². The summed E-state index contributed by atoms with van der Waals surface area (Å²) in [4.78, 5) is 12.6. The molecular formula is C23H26O. The highest BCUT2D eigenvalue weighted by molar-refractivity contribution is 5.95. The van der Waals surface area contributed by atoms with Gasteiger partial charge in [0.2, 0.25) is 0 Å². The lowest BCUT2D eigenvalue weighted by molar-refractivity contribution is -0.121. The second-order valence-electron chi connectivity index (χ2n) is 6.40. The van der Waals surface area contributed by atoms with Crippen LogP contribution in [0.1, 0.15) is 30.9 Å². The van der Waals surface area contributed by atoms with Crippen LogP contribution < -0.4 is 0 Å². The van der Waals surface area contributed by atoms with Crippen LogP contribution in [-0.2, 0) is 17.6 Å². The number of aryl methyl sites for hydroxylation is 2. The molecule has 1 nitrogen and oxygen atoms in total. The minimum absolute atomic E-state index is 0.140. The van der Waals surface area contributed by atoms with Gasteiger partial charge in [-0.1, -0.05) is 72.8 Å². The van der Waals surface area contributed by atoms with Crippen molar-refractivity contribution in [3.63, 3.8) is 0 Å². The van der Waals surface area contributed by atoms with Crippen molar-refractivity contribution >= 4 is 5.78 Å². The highest BCUT2D eigenvalue weighted by Gasteiger charge is 2.27. The van der Waals surface area contributed by atoms with Crippen LogP contribution in [0, 0.1) is 5.41 Å². The first-order valence-electron chi connectivity index (χ1n) is 8.56. The summed E-state index contributed by atoms with van der Waals surface area (Å²) in [6.07, 6.45) is 9.01. The van der Waals surface area contributed by atoms with Gasteiger partial charge in [0.05, 0.1) is 0 Å². The molecule has 24 heavy (non-hydrogen) atoms. The van der Waals surface area contributed by atoms with Crippen LogP contribution in [0.4, 0.5) is 0 Å². The molecular weight excluding hydrogens is 292 g/mol. The predicted molar refractivity (Wildman–Crippen MR) is 102 cm³/mol. The lowest BCUT2D eigenvalue weighted by Gasteiger charge is -2.22. The fourth-order valence-electron chi connectivity index (χ4n) is 2.65. The zero-order valence-electron chi connectivity index (χ0n) is 14.4. The van der Waals surface area contributed by atoms with E-state index < -0.39 is 5.41 Å². The number of hydrogen-bond donors (Lipinski definition) is 0. The average Bonchev–Trinajstić information content (AvgIpc) is 2.64. The molecule has 2 rings (SSSR count). The number of hydrogen-bond acceptors (Lipinski definition) is 1. The van der Waals surface area contributed by atoms with Crippen LogP contribution in [0.15, 0.2) is 85.5 Å². The summed E-state index contributed by atoms with van der Waals surface area (Å²) in [5, 5.41) is 0. The summed E-state index contributed by atoms with van der Waals surface area (Å²) >= 11 is 0. The van der Waals surface area contributed by atoms with Crippen molar-refractivity contribution in [2.45, 2.75) is 32.6 Å². The molecule has 0 saturated carbocycles. The molecule has 0 radical (unpaired) electrons. The van der Waals surface area contributed by atoms with E-state index in [4.69, 9.17) is 0 Å². The number of rotatable bonds is 9. The Morgan fingerprint density at radius 3 is 2.04 bits per heavy atom. The van der Waals surface area contributed by atoms with Gasteiger partial charge < -0.3 is 0 Å². The highest BCUT2D eigenvalue weighted by atomic mass is 16.1. The Bertz CT molecular complexity index is 670. The first kappa shape index (κ1) is 17.9. The Hall–Kier alpha value is -2.41. The van der Waals surface area contributed by atoms with Crippen LogP contribution >= 0.6 is 0 Å². The molecule has 2 aromatic rings. The van der Waals surface area contributed by atoms with Crippen molar-refractivity contribution in [3.8, 4) is 0 Å². The van der Waals surface area contributed by atoms with E-state index in [-0.39, 0.29) is 5.78 Å². The molecule has 0 heterocycles. The zero-order chi connectivity index (χ0) is 17.3. The van der Waals surface area contributed by atoms with Gasteiger partial charge in [0.1, 0.15) is 0 Å². The lowest BCUT2D eigenvalue weighted by atomic mass is 9.80. The molecule has 124 valence electrons. The predicted octanol–water partition coefficient (Wildman–Crippen LogP) is 5.57. The molecule has 0 aliphatic carbocycles. The van der Waals surface area contributed by atoms with Gasteiger partial charge in [-0.2, -0.15) is 0 Å². The van der Waals surface area contributed by atoms with Gasteiger partial charge in [0.25, 0.3) is 0 Å². The Kier molecular flexibility index (Phi) is 6.74. The zero-order valence-corrected chi connectivity index (χ0v) is 14.4. The van der Waals surface area contributed by atoms with Gasteiger partial charge in [-0.25, -0.2) is 0 Å². The third-order valence-electron chi connectivity index (χ3n) is 4.50. The van der Waals surface area contributed by atoms with Crippen molar-refractivity contribution in [2.24, 2.45) is 5.41 Å². The van der Waals surface area contributed by atoms with E-state index >= 15 is 0 Å². The summed E-state index contributed by atoms with van der Waals surface area (Å²) in [5.41, 5.74) is 2.05. The normalized spacial score (nSPS) is 13.5. The summed E-state index contributed by atoms with van der Waals surface area (Å²) in [7, 11) is 0. The Morgan fingerprint density at radius 2 is 1.50 bits per heavy atom. The summed E-state index contributed by atoms with van der Waals surface area (Å²) < 4.78 is 0. The van der Waals surface area contributed by atoms with Gasteiger partial charge in [0.15, 0.2) is 5.78 Å². The highest BCUT2D eigenvalue weighted by Crippen LogP contribution is 2.27. The third kappa shape index (κ3) is 5.34. The quantitative estimate of drug-likeness (QED) is 0.436. The Morgan fingerprint density at radius 1 is 0.958 bits per heavy atom. The number of carbonyl (C=O) groups excluding carboxylic acids is 1. The molecule has 0 saturated heterocycles. The topological polar surface area (TPSA) is 17.1 Å². The maximum Gasteiger partial charge on any atom is 0.164 e. The van der Waals surface area contributed by atoms with E-state index in [1.165, 1.54) is 11.1 Å². The fraction of sp³-hybridized carbons (Fsp3) is 0.261. The molecule has 0 bridgehead atoms. The van der Waals surface area contributed by atoms with Crippen molar-refractivity contribution in [2.75, 3.05) is 0 Å². The number of ketones is 1. The lowest BCUT2D eigenvalue weighted by Crippen LogP contribution is -2.24. The largest absolute Gasteiger partial charge is 0.294 e. The van der Waals surface area contributed by atoms with Crippen molar-refractivity contribution in [3.05, 3.63) is 96.6 Å². The van der Waals surface area contributed by atoms with Gasteiger partial charge in [-0.3, -0.25) is 4.79 Å². The number of carbonyl (C=O) groups is 1. The molecule has 0 aliphatic heterocycles. The van der Waals surface area contributed by atoms with Crippen LogP contribution in [0.5, 0.6) is 0 Å². The van der Waals surface area contributed by atoms with E-state index in [1.807, 2.05) is 49.4 Å². The monoisotopic (exact) mass is 318 g/mol. The van der Waals surface area contributed by atoms with E-state index in [0.29, 0.717) is 0 Å². The first-order chi connectivity index (χ1) is 11.6. The molecule has 0 amide bonds. The molecule has 0 fully saturated rings. The van der Waals surface area contributed by atoms with Crippen molar-refractivity contribution in [1.29, 1.82) is 0 Å². The van der Waals surface area contributed by atoms with Crippen LogP contribution in [-0.4, -0.2) is 5.78 Å². The van der Waals surface area contributed by atoms with Gasteiger partial charge in [0, 0.05) is 5.41 Å². The van der Waals surface area contributed by atoms with Gasteiger partial charge >= 0.3 is 0 Å². The van der Waals surface area contributed by atoms with E-state index in [1.54, 1.807) is 12.2 Å². The minimum atomic E-state index is -0.501. The van der Waals surface area contributed by atoms with Crippen molar-refractivity contribution in [1.82, 2.24) is 0 Å². The summed E-state index contributed by atoms with van der Waals surface area (Å²) in [5.74, 6) is 0.140. The Balaban J connectivity index is 1.87. The molecule has 1 heteroatoms. The van der Waals surface area contributed by atoms with E-state index in [2.05, 4.69) is 30.8 Å². The minimum Gasteiger partial charge on any atom is -0.294 e. The van der Waals surface area contributed by atoms with E-state index in [9.17, 15) is 4.79 Å². The summed E-state index contributed by atoms with van der Waals surface area (Å²) in [6.45, 7) is 5.87. The Labute approximate surface area is 145 Å².